The predicted octanol–water partition coefficient (Wildman–Crippen LogP) is 2.74. The van der Waals surface area contributed by atoms with Crippen LogP contribution in [0, 0.1) is 0 Å². The number of carbonyl (C=O) groups is 3. The van der Waals surface area contributed by atoms with Crippen molar-refractivity contribution < 1.29 is 23.9 Å². The largest absolute Gasteiger partial charge is 0.480 e. The van der Waals surface area contributed by atoms with Gasteiger partial charge in [-0.15, -0.1) is 11.8 Å². The molecule has 4 rings (SSSR count). The van der Waals surface area contributed by atoms with Gasteiger partial charge >= 0.3 is 5.97 Å². The number of allylic oxidation sites excluding steroid dienone is 1. The van der Waals surface area contributed by atoms with Gasteiger partial charge in [0.15, 0.2) is 6.04 Å². The number of β-lactam (4-membered cyclic amide) rings is 1. The van der Waals surface area contributed by atoms with Gasteiger partial charge in [0.2, 0.25) is 11.8 Å². The zero-order valence-corrected chi connectivity index (χ0v) is 18.4. The van der Waals surface area contributed by atoms with Crippen LogP contribution in [0.3, 0.4) is 0 Å². The molecule has 2 N–H and O–H groups in total. The minimum absolute atomic E-state index is 0.387. The maximum atomic E-state index is 13.1. The number of aliphatic imine (C=N–C) groups is 1. The molecule has 0 saturated carbocycles. The van der Waals surface area contributed by atoms with Gasteiger partial charge in [-0.3, -0.25) is 14.6 Å². The molecule has 1 aromatic heterocycles. The van der Waals surface area contributed by atoms with Gasteiger partial charge in [0.1, 0.15) is 23.2 Å². The quantitative estimate of drug-likeness (QED) is 0.492. The monoisotopic (exact) mass is 453 g/mol. The van der Waals surface area contributed by atoms with E-state index in [-0.39, 0.29) is 5.91 Å². The minimum atomic E-state index is -1.04. The summed E-state index contributed by atoms with van der Waals surface area (Å²) >= 11 is 1.38. The van der Waals surface area contributed by atoms with Crippen molar-refractivity contribution in [2.45, 2.75) is 42.1 Å². The zero-order chi connectivity index (χ0) is 22.9. The second-order valence-corrected chi connectivity index (χ2v) is 9.84. The van der Waals surface area contributed by atoms with Crippen LogP contribution in [-0.2, 0) is 14.4 Å². The number of amides is 2. The fourth-order valence-electron chi connectivity index (χ4n) is 3.98. The van der Waals surface area contributed by atoms with E-state index in [0.717, 1.165) is 0 Å². The van der Waals surface area contributed by atoms with E-state index < -0.39 is 40.1 Å². The molecule has 8 nitrogen and oxygen atoms in total. The molecule has 2 aromatic rings. The van der Waals surface area contributed by atoms with Gasteiger partial charge in [-0.05, 0) is 43.7 Å². The summed E-state index contributed by atoms with van der Waals surface area (Å²) in [4.78, 5) is 43.3. The number of benzene rings is 1. The molecule has 2 amide bonds. The number of furan rings is 1. The van der Waals surface area contributed by atoms with Crippen LogP contribution in [-0.4, -0.2) is 56.2 Å². The lowest BCUT2D eigenvalue weighted by Gasteiger charge is -2.43. The summed E-state index contributed by atoms with van der Waals surface area (Å²) in [5.74, 6) is -1.19. The highest BCUT2D eigenvalue weighted by atomic mass is 32.2. The van der Waals surface area contributed by atoms with Gasteiger partial charge in [-0.1, -0.05) is 30.3 Å². The van der Waals surface area contributed by atoms with Crippen molar-refractivity contribution in [3.63, 3.8) is 0 Å². The number of hydrogen-bond acceptors (Lipinski definition) is 6. The average molecular weight is 454 g/mol. The van der Waals surface area contributed by atoms with E-state index in [1.807, 2.05) is 18.2 Å². The smallest absolute Gasteiger partial charge is 0.327 e. The Hall–Kier alpha value is -3.33. The summed E-state index contributed by atoms with van der Waals surface area (Å²) in [7, 11) is 0. The fraction of sp³-hybridized carbons (Fsp3) is 0.304. The molecule has 0 unspecified atom stereocenters. The highest BCUT2D eigenvalue weighted by Gasteiger charge is 2.64. The molecule has 3 heterocycles. The maximum Gasteiger partial charge on any atom is 0.327 e. The Morgan fingerprint density at radius 2 is 2.00 bits per heavy atom. The molecule has 4 atom stereocenters. The zero-order valence-electron chi connectivity index (χ0n) is 17.5. The standard InChI is InChI=1S/C23H23N3O5S/c1-23(2)18(22(29)30)26-20(28)17(21(26)32-23)25-19(27)16(14-8-4-3-5-9-14)24-12-6-10-15-11-7-13-31-15/h3-13,16-18,21H,1-2H3,(H,25,27)(H,29,30)/b10-6+,24-12?/t16-,17+,18-,21+/m0/s1. The normalized spacial score (nSPS) is 25.0. The molecule has 0 radical (unpaired) electrons. The molecule has 0 spiro atoms. The number of nitrogens with one attached hydrogen (secondary N) is 1. The van der Waals surface area contributed by atoms with Crippen LogP contribution >= 0.6 is 11.8 Å². The lowest BCUT2D eigenvalue weighted by Crippen LogP contribution is -2.70. The van der Waals surface area contributed by atoms with Crippen LogP contribution in [0.5, 0.6) is 0 Å². The van der Waals surface area contributed by atoms with Crippen LogP contribution in [0.25, 0.3) is 6.08 Å². The summed E-state index contributed by atoms with van der Waals surface area (Å²) < 4.78 is 4.57. The van der Waals surface area contributed by atoms with E-state index in [1.54, 1.807) is 56.5 Å². The first-order valence-corrected chi connectivity index (χ1v) is 11.0. The molecule has 32 heavy (non-hydrogen) atoms. The van der Waals surface area contributed by atoms with Gasteiger partial charge in [0.25, 0.3) is 0 Å². The fourth-order valence-corrected chi connectivity index (χ4v) is 5.60. The molecule has 0 aliphatic carbocycles. The van der Waals surface area contributed by atoms with Crippen molar-refractivity contribution in [1.82, 2.24) is 10.2 Å². The van der Waals surface area contributed by atoms with E-state index in [2.05, 4.69) is 10.3 Å². The van der Waals surface area contributed by atoms with Gasteiger partial charge in [-0.25, -0.2) is 4.79 Å². The Bertz CT molecular complexity index is 1060. The third-order valence-corrected chi connectivity index (χ3v) is 7.03. The molecule has 1 aromatic carbocycles. The van der Waals surface area contributed by atoms with E-state index >= 15 is 0 Å². The van der Waals surface area contributed by atoms with E-state index in [4.69, 9.17) is 4.42 Å². The van der Waals surface area contributed by atoms with Crippen LogP contribution in [0.4, 0.5) is 0 Å². The van der Waals surface area contributed by atoms with Crippen molar-refractivity contribution >= 4 is 41.8 Å². The first-order valence-electron chi connectivity index (χ1n) is 10.1. The van der Waals surface area contributed by atoms with Crippen LogP contribution in [0.2, 0.25) is 0 Å². The number of rotatable bonds is 7. The van der Waals surface area contributed by atoms with Crippen molar-refractivity contribution in [2.24, 2.45) is 4.99 Å². The summed E-state index contributed by atoms with van der Waals surface area (Å²) in [6, 6.07) is 10.1. The summed E-state index contributed by atoms with van der Waals surface area (Å²) in [6.45, 7) is 3.59. The third kappa shape index (κ3) is 4.08. The lowest BCUT2D eigenvalue weighted by molar-refractivity contribution is -0.161. The number of carbonyl (C=O) groups excluding carboxylic acids is 2. The van der Waals surface area contributed by atoms with Crippen LogP contribution in [0.1, 0.15) is 31.2 Å². The van der Waals surface area contributed by atoms with E-state index in [0.29, 0.717) is 11.3 Å². The molecule has 2 fully saturated rings. The topological polar surface area (TPSA) is 112 Å². The van der Waals surface area contributed by atoms with E-state index in [1.165, 1.54) is 22.9 Å². The van der Waals surface area contributed by atoms with E-state index in [9.17, 15) is 19.5 Å². The Morgan fingerprint density at radius 3 is 2.66 bits per heavy atom. The molecule has 166 valence electrons. The summed E-state index contributed by atoms with van der Waals surface area (Å²) in [5, 5.41) is 11.9. The Balaban J connectivity index is 1.50. The summed E-state index contributed by atoms with van der Waals surface area (Å²) in [5.41, 5.74) is 0.680. The van der Waals surface area contributed by atoms with Crippen molar-refractivity contribution in [3.05, 3.63) is 66.1 Å². The number of thioether (sulfide) groups is 1. The number of aliphatic carboxylic acids is 1. The predicted molar refractivity (Wildman–Crippen MR) is 121 cm³/mol. The Kier molecular flexibility index (Phi) is 5.92. The lowest BCUT2D eigenvalue weighted by atomic mass is 9.95. The van der Waals surface area contributed by atoms with Crippen LogP contribution in [0.15, 0.2) is 64.2 Å². The van der Waals surface area contributed by atoms with Crippen molar-refractivity contribution in [1.29, 1.82) is 0 Å². The Morgan fingerprint density at radius 1 is 1.25 bits per heavy atom. The first-order chi connectivity index (χ1) is 15.3. The van der Waals surface area contributed by atoms with Gasteiger partial charge in [0, 0.05) is 11.0 Å². The number of carboxylic acid groups (broad SMARTS) is 1. The maximum absolute atomic E-state index is 13.1. The number of carboxylic acids is 1. The molecule has 0 bridgehead atoms. The van der Waals surface area contributed by atoms with Crippen molar-refractivity contribution in [2.75, 3.05) is 0 Å². The Labute approximate surface area is 189 Å². The molecular formula is C23H23N3O5S. The molecular weight excluding hydrogens is 430 g/mol. The number of fused-ring (bicyclic) bond motifs is 1. The average Bonchev–Trinajstić information content (AvgIpc) is 3.36. The second kappa shape index (κ2) is 8.66. The first kappa shape index (κ1) is 21.9. The molecule has 9 heteroatoms. The van der Waals surface area contributed by atoms with Gasteiger partial charge in [0.05, 0.1) is 6.26 Å². The SMILES string of the molecule is CC1(C)S[C@@H]2[C@H](NC(=O)[C@@H](N=C/C=C/c3ccco3)c3ccccc3)C(=O)N2[C@H]1C(=O)O. The second-order valence-electron chi connectivity index (χ2n) is 8.07. The summed E-state index contributed by atoms with van der Waals surface area (Å²) in [6.07, 6.45) is 6.47. The molecule has 2 aliphatic rings. The van der Waals surface area contributed by atoms with Gasteiger partial charge in [-0.2, -0.15) is 0 Å². The highest BCUT2D eigenvalue weighted by Crippen LogP contribution is 2.50. The highest BCUT2D eigenvalue weighted by molar-refractivity contribution is 8.01. The minimum Gasteiger partial charge on any atom is -0.480 e. The van der Waals surface area contributed by atoms with Crippen LogP contribution < -0.4 is 5.32 Å². The molecule has 2 aliphatic heterocycles. The van der Waals surface area contributed by atoms with Gasteiger partial charge < -0.3 is 19.7 Å². The number of nitrogens with zero attached hydrogens (tertiary/aromatic N) is 2. The third-order valence-electron chi connectivity index (χ3n) is 5.46. The molecule has 2 saturated heterocycles. The van der Waals surface area contributed by atoms with Crippen molar-refractivity contribution in [3.8, 4) is 0 Å². The number of hydrogen-bond donors (Lipinski definition) is 2.